The lowest BCUT2D eigenvalue weighted by Gasteiger charge is -2.08. The molecule has 1 N–H and O–H groups in total. The van der Waals surface area contributed by atoms with Gasteiger partial charge in [-0.1, -0.05) is 48.5 Å². The van der Waals surface area contributed by atoms with Gasteiger partial charge >= 0.3 is 5.97 Å². The zero-order valence-corrected chi connectivity index (χ0v) is 15.1. The Morgan fingerprint density at radius 3 is 2.07 bits per heavy atom. The van der Waals surface area contributed by atoms with Crippen LogP contribution in [0.3, 0.4) is 0 Å². The van der Waals surface area contributed by atoms with E-state index in [0.29, 0.717) is 11.4 Å². The van der Waals surface area contributed by atoms with Crippen LogP contribution in [0.1, 0.15) is 5.56 Å². The van der Waals surface area contributed by atoms with Crippen molar-refractivity contribution in [2.75, 3.05) is 11.9 Å². The summed E-state index contributed by atoms with van der Waals surface area (Å²) in [4.78, 5) is 23.6. The monoisotopic (exact) mass is 373 g/mol. The normalized spacial score (nSPS) is 10.4. The summed E-state index contributed by atoms with van der Waals surface area (Å²) in [5.74, 6) is 0.389. The minimum Gasteiger partial charge on any atom is -0.457 e. The van der Waals surface area contributed by atoms with Gasteiger partial charge in [-0.05, 0) is 48.0 Å². The zero-order valence-electron chi connectivity index (χ0n) is 15.1. The molecule has 0 bridgehead atoms. The molecule has 5 heteroatoms. The number of hydrogen-bond donors (Lipinski definition) is 1. The molecule has 28 heavy (non-hydrogen) atoms. The molecule has 0 spiro atoms. The van der Waals surface area contributed by atoms with Crippen LogP contribution in [-0.4, -0.2) is 18.5 Å². The van der Waals surface area contributed by atoms with Gasteiger partial charge in [0.25, 0.3) is 5.91 Å². The van der Waals surface area contributed by atoms with Gasteiger partial charge < -0.3 is 14.8 Å². The first-order valence-electron chi connectivity index (χ1n) is 8.72. The maximum absolute atomic E-state index is 11.9. The molecule has 0 aliphatic carbocycles. The fraction of sp³-hybridized carbons (Fsp3) is 0.0435. The third-order valence-electron chi connectivity index (χ3n) is 3.67. The van der Waals surface area contributed by atoms with Crippen molar-refractivity contribution in [2.24, 2.45) is 0 Å². The van der Waals surface area contributed by atoms with Gasteiger partial charge in [0.05, 0.1) is 0 Å². The van der Waals surface area contributed by atoms with Crippen molar-refractivity contribution in [3.05, 3.63) is 96.6 Å². The highest BCUT2D eigenvalue weighted by molar-refractivity contribution is 5.94. The van der Waals surface area contributed by atoms with Crippen LogP contribution in [0, 0.1) is 0 Å². The van der Waals surface area contributed by atoms with Crippen LogP contribution in [0.5, 0.6) is 11.5 Å². The van der Waals surface area contributed by atoms with Crippen LogP contribution in [0.2, 0.25) is 0 Å². The van der Waals surface area contributed by atoms with Gasteiger partial charge in [0, 0.05) is 11.8 Å². The number of anilines is 1. The van der Waals surface area contributed by atoms with Gasteiger partial charge in [-0.15, -0.1) is 0 Å². The van der Waals surface area contributed by atoms with Crippen molar-refractivity contribution < 1.29 is 19.1 Å². The molecule has 0 radical (unpaired) electrons. The van der Waals surface area contributed by atoms with Crippen LogP contribution in [0.15, 0.2) is 91.0 Å². The van der Waals surface area contributed by atoms with Crippen LogP contribution >= 0.6 is 0 Å². The predicted octanol–water partition coefficient (Wildman–Crippen LogP) is 4.67. The second-order valence-corrected chi connectivity index (χ2v) is 5.84. The Morgan fingerprint density at radius 2 is 1.39 bits per heavy atom. The van der Waals surface area contributed by atoms with Crippen LogP contribution < -0.4 is 10.1 Å². The smallest absolute Gasteiger partial charge is 0.331 e. The second kappa shape index (κ2) is 9.73. The van der Waals surface area contributed by atoms with Gasteiger partial charge in [0.15, 0.2) is 6.61 Å². The van der Waals surface area contributed by atoms with Crippen molar-refractivity contribution in [3.63, 3.8) is 0 Å². The van der Waals surface area contributed by atoms with Crippen molar-refractivity contribution in [2.45, 2.75) is 0 Å². The number of amides is 1. The van der Waals surface area contributed by atoms with Crippen molar-refractivity contribution >= 4 is 23.6 Å². The van der Waals surface area contributed by atoms with Gasteiger partial charge in [-0.3, -0.25) is 4.79 Å². The van der Waals surface area contributed by atoms with E-state index in [1.807, 2.05) is 60.7 Å². The van der Waals surface area contributed by atoms with Gasteiger partial charge in [-0.2, -0.15) is 0 Å². The van der Waals surface area contributed by atoms with Gasteiger partial charge in [-0.25, -0.2) is 4.79 Å². The third kappa shape index (κ3) is 6.14. The fourth-order valence-electron chi connectivity index (χ4n) is 2.34. The number of para-hydroxylation sites is 1. The average molecular weight is 373 g/mol. The highest BCUT2D eigenvalue weighted by Gasteiger charge is 2.06. The molecule has 3 aromatic carbocycles. The lowest BCUT2D eigenvalue weighted by molar-refractivity contribution is -0.142. The van der Waals surface area contributed by atoms with Crippen LogP contribution in [-0.2, 0) is 14.3 Å². The maximum Gasteiger partial charge on any atom is 0.331 e. The molecule has 0 aromatic heterocycles. The minimum absolute atomic E-state index is 0.361. The van der Waals surface area contributed by atoms with E-state index in [1.165, 1.54) is 6.08 Å². The molecular formula is C23H19NO4. The summed E-state index contributed by atoms with van der Waals surface area (Å²) in [5, 5.41) is 2.67. The van der Waals surface area contributed by atoms with E-state index >= 15 is 0 Å². The SMILES string of the molecule is O=C(COC(=O)/C=C/c1ccccc1)Nc1ccc(Oc2ccccc2)cc1. The number of carbonyl (C=O) groups excluding carboxylic acids is 2. The number of hydrogen-bond acceptors (Lipinski definition) is 4. The molecular weight excluding hydrogens is 354 g/mol. The number of esters is 1. The molecule has 0 aliphatic heterocycles. The van der Waals surface area contributed by atoms with Crippen molar-refractivity contribution in [1.82, 2.24) is 0 Å². The molecule has 0 saturated heterocycles. The summed E-state index contributed by atoms with van der Waals surface area (Å²) in [6, 6.07) is 25.7. The second-order valence-electron chi connectivity index (χ2n) is 5.84. The molecule has 140 valence electrons. The Labute approximate surface area is 163 Å². The predicted molar refractivity (Wildman–Crippen MR) is 108 cm³/mol. The topological polar surface area (TPSA) is 64.6 Å². The number of rotatable bonds is 7. The summed E-state index contributed by atoms with van der Waals surface area (Å²) >= 11 is 0. The molecule has 3 rings (SSSR count). The molecule has 0 unspecified atom stereocenters. The molecule has 1 amide bonds. The fourth-order valence-corrected chi connectivity index (χ4v) is 2.34. The molecule has 0 atom stereocenters. The molecule has 3 aromatic rings. The summed E-state index contributed by atoms with van der Waals surface area (Å²) in [6.45, 7) is -0.361. The Hall–Kier alpha value is -3.86. The standard InChI is InChI=1S/C23H19NO4/c25-22(17-27-23(26)16-11-18-7-3-1-4-8-18)24-19-12-14-21(15-13-19)28-20-9-5-2-6-10-20/h1-16H,17H2,(H,24,25)/b16-11+. The highest BCUT2D eigenvalue weighted by atomic mass is 16.5. The van der Waals surface area contributed by atoms with E-state index in [1.54, 1.807) is 30.3 Å². The summed E-state index contributed by atoms with van der Waals surface area (Å²) in [7, 11) is 0. The molecule has 0 saturated carbocycles. The molecule has 5 nitrogen and oxygen atoms in total. The Balaban J connectivity index is 1.44. The molecule has 0 fully saturated rings. The van der Waals surface area contributed by atoms with E-state index in [4.69, 9.17) is 9.47 Å². The van der Waals surface area contributed by atoms with Gasteiger partial charge in [0.2, 0.25) is 0 Å². The first-order chi connectivity index (χ1) is 13.7. The van der Waals surface area contributed by atoms with Gasteiger partial charge in [0.1, 0.15) is 11.5 Å². The number of ether oxygens (including phenoxy) is 2. The highest BCUT2D eigenvalue weighted by Crippen LogP contribution is 2.22. The minimum atomic E-state index is -0.578. The number of nitrogens with one attached hydrogen (secondary N) is 1. The van der Waals surface area contributed by atoms with Crippen molar-refractivity contribution in [3.8, 4) is 11.5 Å². The first-order valence-corrected chi connectivity index (χ1v) is 8.72. The quantitative estimate of drug-likeness (QED) is 0.483. The zero-order chi connectivity index (χ0) is 19.6. The number of carbonyl (C=O) groups is 2. The van der Waals surface area contributed by atoms with E-state index < -0.39 is 11.9 Å². The summed E-state index contributed by atoms with van der Waals surface area (Å²) in [6.07, 6.45) is 2.92. The Kier molecular flexibility index (Phi) is 6.57. The van der Waals surface area contributed by atoms with Crippen LogP contribution in [0.25, 0.3) is 6.08 Å². The summed E-state index contributed by atoms with van der Waals surface area (Å²) in [5.41, 5.74) is 1.46. The first kappa shape index (κ1) is 18.9. The Bertz CT molecular complexity index is 935. The third-order valence-corrected chi connectivity index (χ3v) is 3.67. The van der Waals surface area contributed by atoms with Crippen LogP contribution in [0.4, 0.5) is 5.69 Å². The largest absolute Gasteiger partial charge is 0.457 e. The van der Waals surface area contributed by atoms with Crippen molar-refractivity contribution in [1.29, 1.82) is 0 Å². The lowest BCUT2D eigenvalue weighted by atomic mass is 10.2. The van der Waals surface area contributed by atoms with E-state index in [0.717, 1.165) is 11.3 Å². The van der Waals surface area contributed by atoms with E-state index in [-0.39, 0.29) is 6.61 Å². The van der Waals surface area contributed by atoms with E-state index in [2.05, 4.69) is 5.32 Å². The average Bonchev–Trinajstić information content (AvgIpc) is 2.74. The molecule has 0 aliphatic rings. The maximum atomic E-state index is 11.9. The summed E-state index contributed by atoms with van der Waals surface area (Å²) < 4.78 is 10.6. The number of benzene rings is 3. The Morgan fingerprint density at radius 1 is 0.786 bits per heavy atom. The molecule has 0 heterocycles. The van der Waals surface area contributed by atoms with E-state index in [9.17, 15) is 9.59 Å². The lowest BCUT2D eigenvalue weighted by Crippen LogP contribution is -2.20.